The minimum Gasteiger partial charge on any atom is -0.495 e. The second-order valence-electron chi connectivity index (χ2n) is 5.63. The lowest BCUT2D eigenvalue weighted by atomic mass is 10.2. The van der Waals surface area contributed by atoms with Crippen LogP contribution in [-0.2, 0) is 14.3 Å². The number of para-hydroxylation sites is 3. The molecule has 8 nitrogen and oxygen atoms in total. The molecule has 144 valence electrons. The number of furan rings is 1. The Labute approximate surface area is 160 Å². The van der Waals surface area contributed by atoms with Crippen molar-refractivity contribution in [2.45, 2.75) is 6.92 Å². The van der Waals surface area contributed by atoms with Crippen LogP contribution in [-0.4, -0.2) is 31.5 Å². The Morgan fingerprint density at radius 1 is 1.00 bits per heavy atom. The van der Waals surface area contributed by atoms with Crippen molar-refractivity contribution >= 4 is 40.1 Å². The third kappa shape index (κ3) is 3.80. The summed E-state index contributed by atoms with van der Waals surface area (Å²) in [5.41, 5.74) is 0.894. The summed E-state index contributed by atoms with van der Waals surface area (Å²) in [5, 5.41) is 5.57. The summed E-state index contributed by atoms with van der Waals surface area (Å²) in [6, 6.07) is 13.6. The maximum atomic E-state index is 12.8. The summed E-state index contributed by atoms with van der Waals surface area (Å²) in [6.45, 7) is 1.64. The normalized spacial score (nSPS) is 10.4. The maximum Gasteiger partial charge on any atom is 0.397 e. The van der Waals surface area contributed by atoms with Crippen molar-refractivity contribution in [3.05, 3.63) is 54.3 Å². The van der Waals surface area contributed by atoms with Gasteiger partial charge in [0, 0.05) is 5.39 Å². The summed E-state index contributed by atoms with van der Waals surface area (Å²) in [4.78, 5) is 36.6. The summed E-state index contributed by atoms with van der Waals surface area (Å²) >= 11 is 0. The molecule has 0 aliphatic carbocycles. The van der Waals surface area contributed by atoms with Crippen molar-refractivity contribution < 1.29 is 28.3 Å². The van der Waals surface area contributed by atoms with Gasteiger partial charge in [-0.25, -0.2) is 4.79 Å². The predicted octanol–water partition coefficient (Wildman–Crippen LogP) is 3.20. The quantitative estimate of drug-likeness (QED) is 0.518. The molecule has 0 unspecified atom stereocenters. The second-order valence-corrected chi connectivity index (χ2v) is 5.63. The molecule has 0 saturated heterocycles. The van der Waals surface area contributed by atoms with Gasteiger partial charge in [-0.1, -0.05) is 24.3 Å². The minimum absolute atomic E-state index is 0.0551. The molecule has 3 rings (SSSR count). The zero-order valence-electron chi connectivity index (χ0n) is 15.3. The van der Waals surface area contributed by atoms with Gasteiger partial charge in [0.25, 0.3) is 5.91 Å². The molecular formula is C20H18N2O6. The van der Waals surface area contributed by atoms with E-state index in [4.69, 9.17) is 13.9 Å². The number of methoxy groups -OCH3 is 1. The van der Waals surface area contributed by atoms with Gasteiger partial charge in [-0.05, 0) is 31.2 Å². The first kappa shape index (κ1) is 19.0. The van der Waals surface area contributed by atoms with Crippen LogP contribution in [0.4, 0.5) is 11.4 Å². The van der Waals surface area contributed by atoms with E-state index in [0.717, 1.165) is 0 Å². The van der Waals surface area contributed by atoms with Crippen LogP contribution in [0.15, 0.2) is 52.9 Å². The van der Waals surface area contributed by atoms with E-state index in [1.807, 2.05) is 0 Å². The summed E-state index contributed by atoms with van der Waals surface area (Å²) in [6.07, 6.45) is 0. The molecule has 2 amide bonds. The molecule has 1 heterocycles. The first-order valence-corrected chi connectivity index (χ1v) is 8.49. The van der Waals surface area contributed by atoms with Crippen LogP contribution in [0.2, 0.25) is 0 Å². The number of amides is 2. The fraction of sp³-hybridized carbons (Fsp3) is 0.150. The highest BCUT2D eigenvalue weighted by Gasteiger charge is 2.25. The van der Waals surface area contributed by atoms with Crippen LogP contribution in [0.5, 0.6) is 5.75 Å². The Morgan fingerprint density at radius 2 is 1.71 bits per heavy atom. The zero-order valence-corrected chi connectivity index (χ0v) is 15.3. The molecule has 0 saturated carbocycles. The van der Waals surface area contributed by atoms with Crippen molar-refractivity contribution in [3.8, 4) is 5.75 Å². The monoisotopic (exact) mass is 382 g/mol. The smallest absolute Gasteiger partial charge is 0.397 e. The fourth-order valence-corrected chi connectivity index (χ4v) is 2.62. The SMILES string of the molecule is CCOC(=O)C(=O)Nc1c(C(=O)Nc2ccccc2OC)oc2ccccc12. The van der Waals surface area contributed by atoms with E-state index in [-0.39, 0.29) is 18.1 Å². The van der Waals surface area contributed by atoms with Gasteiger partial charge in [0.05, 0.1) is 19.4 Å². The van der Waals surface area contributed by atoms with Gasteiger partial charge in [-0.2, -0.15) is 0 Å². The number of benzene rings is 2. The highest BCUT2D eigenvalue weighted by atomic mass is 16.5. The van der Waals surface area contributed by atoms with E-state index in [9.17, 15) is 14.4 Å². The Hall–Kier alpha value is -3.81. The van der Waals surface area contributed by atoms with Gasteiger partial charge in [-0.15, -0.1) is 0 Å². The molecule has 0 aliphatic rings. The van der Waals surface area contributed by atoms with Crippen LogP contribution in [0.1, 0.15) is 17.5 Å². The molecular weight excluding hydrogens is 364 g/mol. The molecule has 0 fully saturated rings. The van der Waals surface area contributed by atoms with Gasteiger partial charge in [-0.3, -0.25) is 9.59 Å². The Bertz CT molecular complexity index is 1040. The number of ether oxygens (including phenoxy) is 2. The molecule has 8 heteroatoms. The number of rotatable bonds is 5. The minimum atomic E-state index is -1.05. The number of fused-ring (bicyclic) bond motifs is 1. The van der Waals surface area contributed by atoms with E-state index < -0.39 is 17.8 Å². The average molecular weight is 382 g/mol. The fourth-order valence-electron chi connectivity index (χ4n) is 2.62. The van der Waals surface area contributed by atoms with E-state index in [0.29, 0.717) is 22.4 Å². The third-order valence-electron chi connectivity index (χ3n) is 3.86. The largest absolute Gasteiger partial charge is 0.495 e. The lowest BCUT2D eigenvalue weighted by Crippen LogP contribution is -2.26. The number of carbonyl (C=O) groups excluding carboxylic acids is 3. The van der Waals surface area contributed by atoms with E-state index in [1.165, 1.54) is 7.11 Å². The summed E-state index contributed by atoms with van der Waals surface area (Å²) < 4.78 is 15.5. The van der Waals surface area contributed by atoms with Crippen LogP contribution in [0, 0.1) is 0 Å². The zero-order chi connectivity index (χ0) is 20.1. The highest BCUT2D eigenvalue weighted by molar-refractivity contribution is 6.38. The van der Waals surface area contributed by atoms with Crippen molar-refractivity contribution in [3.63, 3.8) is 0 Å². The van der Waals surface area contributed by atoms with Crippen molar-refractivity contribution in [2.75, 3.05) is 24.4 Å². The topological polar surface area (TPSA) is 107 Å². The van der Waals surface area contributed by atoms with Crippen LogP contribution in [0.25, 0.3) is 11.0 Å². The third-order valence-corrected chi connectivity index (χ3v) is 3.86. The number of carbonyl (C=O) groups is 3. The number of esters is 1. The maximum absolute atomic E-state index is 12.8. The van der Waals surface area contributed by atoms with Crippen LogP contribution >= 0.6 is 0 Å². The molecule has 0 radical (unpaired) electrons. The number of hydrogen-bond donors (Lipinski definition) is 2. The number of nitrogens with one attached hydrogen (secondary N) is 2. The van der Waals surface area contributed by atoms with Gasteiger partial charge in [0.2, 0.25) is 5.76 Å². The molecule has 0 spiro atoms. The molecule has 28 heavy (non-hydrogen) atoms. The Kier molecular flexibility index (Phi) is 5.59. The van der Waals surface area contributed by atoms with Crippen molar-refractivity contribution in [1.29, 1.82) is 0 Å². The standard InChI is InChI=1S/C20H18N2O6/c1-3-27-20(25)19(24)22-16-12-8-4-6-10-14(12)28-17(16)18(23)21-13-9-5-7-11-15(13)26-2/h4-11H,3H2,1-2H3,(H,21,23)(H,22,24). The summed E-state index contributed by atoms with van der Waals surface area (Å²) in [7, 11) is 1.48. The second kappa shape index (κ2) is 8.26. The highest BCUT2D eigenvalue weighted by Crippen LogP contribution is 2.32. The van der Waals surface area contributed by atoms with E-state index in [2.05, 4.69) is 10.6 Å². The van der Waals surface area contributed by atoms with E-state index >= 15 is 0 Å². The van der Waals surface area contributed by atoms with Gasteiger partial charge in [0.1, 0.15) is 17.0 Å². The van der Waals surface area contributed by atoms with Crippen molar-refractivity contribution in [1.82, 2.24) is 0 Å². The molecule has 0 bridgehead atoms. The molecule has 3 aromatic rings. The van der Waals surface area contributed by atoms with Gasteiger partial charge < -0.3 is 24.5 Å². The average Bonchev–Trinajstić information content (AvgIpc) is 3.07. The van der Waals surface area contributed by atoms with Gasteiger partial charge >= 0.3 is 11.9 Å². The first-order chi connectivity index (χ1) is 13.5. The Balaban J connectivity index is 1.97. The lowest BCUT2D eigenvalue weighted by Gasteiger charge is -2.10. The number of hydrogen-bond acceptors (Lipinski definition) is 6. The summed E-state index contributed by atoms with van der Waals surface area (Å²) in [5.74, 6) is -2.35. The van der Waals surface area contributed by atoms with E-state index in [1.54, 1.807) is 55.5 Å². The lowest BCUT2D eigenvalue weighted by molar-refractivity contribution is -0.152. The number of anilines is 2. The van der Waals surface area contributed by atoms with Crippen LogP contribution in [0.3, 0.4) is 0 Å². The Morgan fingerprint density at radius 3 is 2.46 bits per heavy atom. The van der Waals surface area contributed by atoms with Crippen molar-refractivity contribution in [2.24, 2.45) is 0 Å². The molecule has 2 aromatic carbocycles. The molecule has 2 N–H and O–H groups in total. The first-order valence-electron chi connectivity index (χ1n) is 8.49. The molecule has 0 atom stereocenters. The van der Waals surface area contributed by atoms with Crippen LogP contribution < -0.4 is 15.4 Å². The van der Waals surface area contributed by atoms with Gasteiger partial charge in [0.15, 0.2) is 0 Å². The predicted molar refractivity (Wildman–Crippen MR) is 102 cm³/mol. The molecule has 0 aliphatic heterocycles. The molecule has 1 aromatic heterocycles.